The molecular formula is C18H26N8O2S. The maximum Gasteiger partial charge on any atom is 0.184 e. The quantitative estimate of drug-likeness (QED) is 0.484. The molecule has 11 heteroatoms. The smallest absolute Gasteiger partial charge is 0.184 e. The predicted molar refractivity (Wildman–Crippen MR) is 113 cm³/mol. The van der Waals surface area contributed by atoms with E-state index in [1.165, 1.54) is 0 Å². The third-order valence-electron chi connectivity index (χ3n) is 4.89. The number of aromatic nitrogens is 7. The molecule has 156 valence electrons. The first-order chi connectivity index (χ1) is 13.7. The summed E-state index contributed by atoms with van der Waals surface area (Å²) in [6, 6.07) is 0. The maximum absolute atomic E-state index is 9.66. The minimum Gasteiger partial charge on any atom is -0.360 e. The van der Waals surface area contributed by atoms with Gasteiger partial charge in [-0.15, -0.1) is 5.10 Å². The Morgan fingerprint density at radius 3 is 2.72 bits per heavy atom. The zero-order valence-electron chi connectivity index (χ0n) is 17.3. The van der Waals surface area contributed by atoms with Crippen LogP contribution in [0.15, 0.2) is 4.63 Å². The Morgan fingerprint density at radius 1 is 1.28 bits per heavy atom. The van der Waals surface area contributed by atoms with Crippen LogP contribution < -0.4 is 4.90 Å². The number of aliphatic hydroxyl groups excluding tert-OH is 1. The molecule has 10 nitrogen and oxygen atoms in total. The minimum absolute atomic E-state index is 0.226. The second-order valence-corrected chi connectivity index (χ2v) is 10.0. The molecule has 1 fully saturated rings. The molecule has 0 unspecified atom stereocenters. The summed E-state index contributed by atoms with van der Waals surface area (Å²) < 4.78 is 6.53. The molecule has 0 radical (unpaired) electrons. The Morgan fingerprint density at radius 2 is 2.07 bits per heavy atom. The van der Waals surface area contributed by atoms with Gasteiger partial charge in [-0.1, -0.05) is 36.3 Å². The Kier molecular flexibility index (Phi) is 5.11. The second kappa shape index (κ2) is 7.45. The number of rotatable bonds is 4. The van der Waals surface area contributed by atoms with Crippen molar-refractivity contribution in [3.63, 3.8) is 0 Å². The van der Waals surface area contributed by atoms with Crippen LogP contribution in [0, 0.1) is 6.92 Å². The van der Waals surface area contributed by atoms with Gasteiger partial charge < -0.3 is 10.0 Å². The van der Waals surface area contributed by atoms with Crippen LogP contribution in [0.25, 0.3) is 11.2 Å². The van der Waals surface area contributed by atoms with Crippen LogP contribution in [-0.4, -0.2) is 63.8 Å². The molecule has 4 rings (SSSR count). The molecule has 3 aromatic heterocycles. The SMILES string of the molecule is CC(O)=[SH][C@@H]1CCN(c2nc(C(C)(C)C)nc3c2nnn3Cc2nonc2C)C1. The van der Waals surface area contributed by atoms with Crippen LogP contribution in [0.4, 0.5) is 5.82 Å². The fraction of sp³-hybridized carbons (Fsp3) is 0.611. The van der Waals surface area contributed by atoms with Crippen LogP contribution in [0.5, 0.6) is 0 Å². The lowest BCUT2D eigenvalue weighted by Gasteiger charge is -2.22. The summed E-state index contributed by atoms with van der Waals surface area (Å²) in [6.45, 7) is 11.9. The van der Waals surface area contributed by atoms with E-state index < -0.39 is 0 Å². The van der Waals surface area contributed by atoms with Crippen molar-refractivity contribution in [2.24, 2.45) is 0 Å². The van der Waals surface area contributed by atoms with E-state index in [0.29, 0.717) is 33.7 Å². The first-order valence-corrected chi connectivity index (χ1v) is 10.6. The lowest BCUT2D eigenvalue weighted by molar-refractivity contribution is 0.300. The van der Waals surface area contributed by atoms with E-state index in [4.69, 9.17) is 14.6 Å². The second-order valence-electron chi connectivity index (χ2n) is 8.40. The van der Waals surface area contributed by atoms with Gasteiger partial charge in [-0.3, -0.25) is 0 Å². The van der Waals surface area contributed by atoms with Gasteiger partial charge >= 0.3 is 0 Å². The van der Waals surface area contributed by atoms with E-state index in [-0.39, 0.29) is 5.41 Å². The van der Waals surface area contributed by atoms with Crippen LogP contribution in [0.2, 0.25) is 0 Å². The zero-order valence-corrected chi connectivity index (χ0v) is 18.2. The van der Waals surface area contributed by atoms with Crippen molar-refractivity contribution in [3.8, 4) is 0 Å². The van der Waals surface area contributed by atoms with Crippen molar-refractivity contribution in [3.05, 3.63) is 17.2 Å². The molecule has 29 heavy (non-hydrogen) atoms. The number of nitrogens with zero attached hydrogens (tertiary/aromatic N) is 8. The highest BCUT2D eigenvalue weighted by Crippen LogP contribution is 2.31. The van der Waals surface area contributed by atoms with Crippen LogP contribution in [0.3, 0.4) is 0 Å². The van der Waals surface area contributed by atoms with Crippen LogP contribution >= 0.6 is 11.4 Å². The molecule has 0 aliphatic carbocycles. The summed E-state index contributed by atoms with van der Waals surface area (Å²) in [6.07, 6.45) is 0.994. The topological polar surface area (TPSA) is 119 Å². The summed E-state index contributed by atoms with van der Waals surface area (Å²) in [5, 5.41) is 27.0. The number of hydrogen-bond acceptors (Lipinski definition) is 8. The Bertz CT molecular complexity index is 1060. The van der Waals surface area contributed by atoms with E-state index in [1.54, 1.807) is 11.6 Å². The van der Waals surface area contributed by atoms with Crippen LogP contribution in [0.1, 0.15) is 51.3 Å². The van der Waals surface area contributed by atoms with Crippen molar-refractivity contribution in [1.82, 2.24) is 35.3 Å². The predicted octanol–water partition coefficient (Wildman–Crippen LogP) is 2.01. The molecule has 1 aliphatic heterocycles. The van der Waals surface area contributed by atoms with Gasteiger partial charge in [0.2, 0.25) is 0 Å². The van der Waals surface area contributed by atoms with E-state index in [2.05, 4.69) is 46.3 Å². The standard InChI is InChI=1S/C18H26N8O2S/c1-10-13(23-28-22-10)9-26-16-14(21-24-26)15(19-17(20-16)18(3,4)5)25-7-6-12(8-25)29-11(2)27/h12,27,29H,6-9H2,1-5H3/t12-/m1/s1. The third-order valence-corrected chi connectivity index (χ3v) is 6.05. The van der Waals surface area contributed by atoms with E-state index in [0.717, 1.165) is 48.2 Å². The highest BCUT2D eigenvalue weighted by molar-refractivity contribution is 7.99. The number of aliphatic hydroxyl groups is 1. The molecule has 1 N–H and O–H groups in total. The van der Waals surface area contributed by atoms with Crippen molar-refractivity contribution < 1.29 is 9.74 Å². The summed E-state index contributed by atoms with van der Waals surface area (Å²) >= 11 is 0.975. The summed E-state index contributed by atoms with van der Waals surface area (Å²) in [7, 11) is 0. The Balaban J connectivity index is 1.78. The molecule has 1 atom stereocenters. The van der Waals surface area contributed by atoms with Crippen molar-refractivity contribution in [1.29, 1.82) is 0 Å². The van der Waals surface area contributed by atoms with Crippen molar-refractivity contribution in [2.45, 2.75) is 58.2 Å². The molecule has 1 aliphatic rings. The summed E-state index contributed by atoms with van der Waals surface area (Å²) in [5.74, 6) is 1.54. The molecule has 4 heterocycles. The average Bonchev–Trinajstić information content (AvgIpc) is 3.35. The minimum atomic E-state index is -0.226. The summed E-state index contributed by atoms with van der Waals surface area (Å²) in [4.78, 5) is 11.9. The lowest BCUT2D eigenvalue weighted by Crippen LogP contribution is -2.25. The lowest BCUT2D eigenvalue weighted by atomic mass is 9.96. The monoisotopic (exact) mass is 418 g/mol. The van der Waals surface area contributed by atoms with Gasteiger partial charge in [0.05, 0.1) is 11.6 Å². The first-order valence-electron chi connectivity index (χ1n) is 9.60. The fourth-order valence-electron chi connectivity index (χ4n) is 3.34. The molecule has 0 spiro atoms. The molecule has 1 saturated heterocycles. The molecule has 0 saturated carbocycles. The van der Waals surface area contributed by atoms with Gasteiger partial charge in [-0.05, 0) is 20.3 Å². The number of thiol groups is 1. The van der Waals surface area contributed by atoms with Gasteiger partial charge in [0.25, 0.3) is 0 Å². The normalized spacial score (nSPS) is 18.5. The molecule has 0 amide bonds. The van der Waals surface area contributed by atoms with Gasteiger partial charge in [-0.2, -0.15) is 11.4 Å². The molecule has 3 aromatic rings. The van der Waals surface area contributed by atoms with Crippen molar-refractivity contribution >= 4 is 33.4 Å². The van der Waals surface area contributed by atoms with Gasteiger partial charge in [0, 0.05) is 23.8 Å². The Hall–Kier alpha value is -2.40. The number of aryl methyl sites for hydroxylation is 1. The Labute approximate surface area is 172 Å². The highest BCUT2D eigenvalue weighted by atomic mass is 32.1. The first kappa shape index (κ1) is 19.9. The van der Waals surface area contributed by atoms with Gasteiger partial charge in [0.15, 0.2) is 17.0 Å². The molecule has 0 aromatic carbocycles. The maximum atomic E-state index is 9.66. The van der Waals surface area contributed by atoms with E-state index in [9.17, 15) is 5.11 Å². The largest absolute Gasteiger partial charge is 0.360 e. The van der Waals surface area contributed by atoms with Gasteiger partial charge in [-0.25, -0.2) is 19.3 Å². The van der Waals surface area contributed by atoms with Crippen molar-refractivity contribution in [2.75, 3.05) is 18.0 Å². The summed E-state index contributed by atoms with van der Waals surface area (Å²) in [5.41, 5.74) is 2.54. The van der Waals surface area contributed by atoms with E-state index in [1.807, 2.05) is 6.92 Å². The number of anilines is 1. The van der Waals surface area contributed by atoms with Gasteiger partial charge in [0.1, 0.15) is 17.2 Å². The van der Waals surface area contributed by atoms with E-state index >= 15 is 0 Å². The zero-order chi connectivity index (χ0) is 20.8. The molecule has 0 bridgehead atoms. The fourth-order valence-corrected chi connectivity index (χ4v) is 4.39. The number of hydrogen-bond donors (Lipinski definition) is 2. The number of fused-ring (bicyclic) bond motifs is 1. The average molecular weight is 419 g/mol. The third kappa shape index (κ3) is 4.01. The molecular weight excluding hydrogens is 392 g/mol. The van der Waals surface area contributed by atoms with Crippen LogP contribution in [-0.2, 0) is 12.0 Å². The highest BCUT2D eigenvalue weighted by Gasteiger charge is 2.29.